The van der Waals surface area contributed by atoms with Crippen LogP contribution >= 0.6 is 0 Å². The fourth-order valence-corrected chi connectivity index (χ4v) is 1.43. The van der Waals surface area contributed by atoms with Crippen molar-refractivity contribution in [3.05, 3.63) is 35.9 Å². The largest absolute Gasteiger partial charge is 0.388 e. The molecule has 0 bridgehead atoms. The average Bonchev–Trinajstić information content (AvgIpc) is 2.26. The van der Waals surface area contributed by atoms with E-state index in [1.54, 1.807) is 0 Å². The molecule has 1 aromatic carbocycles. The predicted molar refractivity (Wildman–Crippen MR) is 63.8 cm³/mol. The lowest BCUT2D eigenvalue weighted by Gasteiger charge is -2.22. The van der Waals surface area contributed by atoms with Gasteiger partial charge in [0.1, 0.15) is 0 Å². The fraction of sp³-hybridized carbons (Fsp3) is 0.538. The van der Waals surface area contributed by atoms with E-state index < -0.39 is 0 Å². The van der Waals surface area contributed by atoms with Crippen molar-refractivity contribution in [2.45, 2.75) is 32.4 Å². The zero-order chi connectivity index (χ0) is 11.3. The number of aliphatic hydroxyl groups is 1. The molecule has 84 valence electrons. The molecule has 15 heavy (non-hydrogen) atoms. The number of nitrogens with zero attached hydrogens (tertiary/aromatic N) is 1. The number of hydrogen-bond acceptors (Lipinski definition) is 2. The van der Waals surface area contributed by atoms with Crippen molar-refractivity contribution in [3.8, 4) is 0 Å². The minimum atomic E-state index is -0.340. The Kier molecular flexibility index (Phi) is 4.79. The van der Waals surface area contributed by atoms with Gasteiger partial charge in [-0.3, -0.25) is 0 Å². The smallest absolute Gasteiger partial charge is 0.0802 e. The van der Waals surface area contributed by atoms with Gasteiger partial charge in [0.2, 0.25) is 0 Å². The molecule has 0 aliphatic carbocycles. The van der Waals surface area contributed by atoms with Crippen LogP contribution in [0.3, 0.4) is 0 Å². The van der Waals surface area contributed by atoms with E-state index in [4.69, 9.17) is 0 Å². The van der Waals surface area contributed by atoms with E-state index in [0.717, 1.165) is 18.5 Å². The lowest BCUT2D eigenvalue weighted by Crippen LogP contribution is -2.28. The van der Waals surface area contributed by atoms with Crippen molar-refractivity contribution in [2.24, 2.45) is 0 Å². The van der Waals surface area contributed by atoms with E-state index in [0.29, 0.717) is 6.04 Å². The Morgan fingerprint density at radius 2 is 1.80 bits per heavy atom. The molecule has 0 heterocycles. The number of benzene rings is 1. The first kappa shape index (κ1) is 12.2. The van der Waals surface area contributed by atoms with Gasteiger partial charge in [-0.1, -0.05) is 30.3 Å². The van der Waals surface area contributed by atoms with Crippen LogP contribution in [0.1, 0.15) is 31.9 Å². The summed E-state index contributed by atoms with van der Waals surface area (Å²) in [5.74, 6) is 0. The quantitative estimate of drug-likeness (QED) is 0.801. The molecule has 0 amide bonds. The Labute approximate surface area is 92.5 Å². The van der Waals surface area contributed by atoms with Crippen LogP contribution in [0.2, 0.25) is 0 Å². The van der Waals surface area contributed by atoms with Crippen LogP contribution in [0, 0.1) is 0 Å². The van der Waals surface area contributed by atoms with Crippen molar-refractivity contribution in [1.82, 2.24) is 4.90 Å². The van der Waals surface area contributed by atoms with Crippen molar-refractivity contribution in [2.75, 3.05) is 13.6 Å². The number of hydrogen-bond donors (Lipinski definition) is 1. The highest BCUT2D eigenvalue weighted by Gasteiger charge is 2.09. The van der Waals surface area contributed by atoms with Crippen molar-refractivity contribution >= 4 is 0 Å². The molecule has 1 N–H and O–H groups in total. The summed E-state index contributed by atoms with van der Waals surface area (Å²) < 4.78 is 0. The van der Waals surface area contributed by atoms with Gasteiger partial charge in [-0.05, 0) is 32.9 Å². The highest BCUT2D eigenvalue weighted by molar-refractivity contribution is 5.17. The lowest BCUT2D eigenvalue weighted by atomic mass is 10.1. The predicted octanol–water partition coefficient (Wildman–Crippen LogP) is 2.45. The second kappa shape index (κ2) is 5.89. The summed E-state index contributed by atoms with van der Waals surface area (Å²) in [7, 11) is 2.09. The first-order valence-electron chi connectivity index (χ1n) is 5.54. The molecular weight excluding hydrogens is 186 g/mol. The molecule has 0 spiro atoms. The van der Waals surface area contributed by atoms with Gasteiger partial charge in [-0.15, -0.1) is 0 Å². The second-order valence-corrected chi connectivity index (χ2v) is 4.29. The maximum atomic E-state index is 9.92. The molecule has 0 aliphatic heterocycles. The highest BCUT2D eigenvalue weighted by Crippen LogP contribution is 2.16. The minimum Gasteiger partial charge on any atom is -0.388 e. The highest BCUT2D eigenvalue weighted by atomic mass is 16.3. The molecule has 1 rings (SSSR count). The maximum absolute atomic E-state index is 9.92. The van der Waals surface area contributed by atoms with E-state index in [1.807, 2.05) is 30.3 Å². The Morgan fingerprint density at radius 3 is 2.33 bits per heavy atom. The van der Waals surface area contributed by atoms with Crippen LogP contribution in [0.15, 0.2) is 30.3 Å². The van der Waals surface area contributed by atoms with Gasteiger partial charge in [0.25, 0.3) is 0 Å². The summed E-state index contributed by atoms with van der Waals surface area (Å²) >= 11 is 0. The maximum Gasteiger partial charge on any atom is 0.0802 e. The molecule has 1 aromatic rings. The van der Waals surface area contributed by atoms with Crippen LogP contribution in [0.5, 0.6) is 0 Å². The standard InChI is InChI=1S/C13H21NO/c1-11(2)14(3)10-9-13(15)12-7-5-4-6-8-12/h4-8,11,13,15H,9-10H2,1-3H3. The topological polar surface area (TPSA) is 23.5 Å². The van der Waals surface area contributed by atoms with Crippen molar-refractivity contribution < 1.29 is 5.11 Å². The Hall–Kier alpha value is -0.860. The number of aliphatic hydroxyl groups excluding tert-OH is 1. The van der Waals surface area contributed by atoms with Crippen LogP contribution in [-0.2, 0) is 0 Å². The number of rotatable bonds is 5. The molecule has 0 saturated carbocycles. The zero-order valence-corrected chi connectivity index (χ0v) is 9.85. The Bertz CT molecular complexity index is 271. The summed E-state index contributed by atoms with van der Waals surface area (Å²) in [6.45, 7) is 5.25. The van der Waals surface area contributed by atoms with Crippen LogP contribution in [0.25, 0.3) is 0 Å². The summed E-state index contributed by atoms with van der Waals surface area (Å²) in [5.41, 5.74) is 1.01. The third-order valence-electron chi connectivity index (χ3n) is 2.82. The Balaban J connectivity index is 2.40. The third kappa shape index (κ3) is 4.02. The molecule has 0 saturated heterocycles. The van der Waals surface area contributed by atoms with Crippen molar-refractivity contribution in [3.63, 3.8) is 0 Å². The van der Waals surface area contributed by atoms with E-state index in [2.05, 4.69) is 25.8 Å². The Morgan fingerprint density at radius 1 is 1.20 bits per heavy atom. The van der Waals surface area contributed by atoms with Gasteiger partial charge in [-0.2, -0.15) is 0 Å². The first-order chi connectivity index (χ1) is 7.11. The van der Waals surface area contributed by atoms with Crippen molar-refractivity contribution in [1.29, 1.82) is 0 Å². The van der Waals surface area contributed by atoms with E-state index in [9.17, 15) is 5.11 Å². The summed E-state index contributed by atoms with van der Waals surface area (Å²) in [6.07, 6.45) is 0.450. The zero-order valence-electron chi connectivity index (χ0n) is 9.85. The van der Waals surface area contributed by atoms with Gasteiger partial charge < -0.3 is 10.0 Å². The lowest BCUT2D eigenvalue weighted by molar-refractivity contribution is 0.141. The van der Waals surface area contributed by atoms with Gasteiger partial charge in [0.15, 0.2) is 0 Å². The van der Waals surface area contributed by atoms with Crippen LogP contribution in [0.4, 0.5) is 0 Å². The fourth-order valence-electron chi connectivity index (χ4n) is 1.43. The molecule has 0 fully saturated rings. The molecule has 2 heteroatoms. The normalized spacial score (nSPS) is 13.5. The summed E-state index contributed by atoms with van der Waals surface area (Å²) in [5, 5.41) is 9.92. The molecule has 2 nitrogen and oxygen atoms in total. The minimum absolute atomic E-state index is 0.340. The average molecular weight is 207 g/mol. The third-order valence-corrected chi connectivity index (χ3v) is 2.82. The SMILES string of the molecule is CC(C)N(C)CCC(O)c1ccccc1. The first-order valence-corrected chi connectivity index (χ1v) is 5.54. The summed E-state index contributed by atoms with van der Waals surface area (Å²) in [6, 6.07) is 10.4. The van der Waals surface area contributed by atoms with Gasteiger partial charge in [0, 0.05) is 12.6 Å². The molecular formula is C13H21NO. The van der Waals surface area contributed by atoms with Gasteiger partial charge in [-0.25, -0.2) is 0 Å². The van der Waals surface area contributed by atoms with Crippen LogP contribution in [-0.4, -0.2) is 29.6 Å². The molecule has 0 aliphatic rings. The van der Waals surface area contributed by atoms with E-state index in [-0.39, 0.29) is 6.10 Å². The molecule has 0 radical (unpaired) electrons. The molecule has 0 aromatic heterocycles. The van der Waals surface area contributed by atoms with E-state index in [1.165, 1.54) is 0 Å². The molecule has 1 atom stereocenters. The monoisotopic (exact) mass is 207 g/mol. The molecule has 1 unspecified atom stereocenters. The van der Waals surface area contributed by atoms with Crippen LogP contribution < -0.4 is 0 Å². The van der Waals surface area contributed by atoms with Gasteiger partial charge >= 0.3 is 0 Å². The second-order valence-electron chi connectivity index (χ2n) is 4.29. The summed E-state index contributed by atoms with van der Waals surface area (Å²) in [4.78, 5) is 2.24. The van der Waals surface area contributed by atoms with E-state index >= 15 is 0 Å². The van der Waals surface area contributed by atoms with Gasteiger partial charge in [0.05, 0.1) is 6.10 Å².